The lowest BCUT2D eigenvalue weighted by atomic mass is 10.1. The Balaban J connectivity index is 2.34. The van der Waals surface area contributed by atoms with Crippen LogP contribution < -0.4 is 4.74 Å². The number of thioether (sulfide) groups is 1. The zero-order valence-corrected chi connectivity index (χ0v) is 16.3. The molecule has 0 spiro atoms. The Bertz CT molecular complexity index is 738. The molecular weight excluding hydrogens is 451 g/mol. The average molecular weight is 464 g/mol. The van der Waals surface area contributed by atoms with Gasteiger partial charge in [-0.3, -0.25) is 0 Å². The number of carbonyl (C=O) groups excluding carboxylic acids is 1. The highest BCUT2D eigenvalue weighted by molar-refractivity contribution is 9.10. The number of ether oxygens (including phenoxy) is 2. The summed E-state index contributed by atoms with van der Waals surface area (Å²) in [7, 11) is 2.83. The van der Waals surface area contributed by atoms with Crippen LogP contribution >= 0.6 is 43.6 Å². The summed E-state index contributed by atoms with van der Waals surface area (Å²) < 4.78 is 24.7. The van der Waals surface area contributed by atoms with E-state index in [0.29, 0.717) is 26.0 Å². The van der Waals surface area contributed by atoms with Gasteiger partial charge in [0, 0.05) is 15.1 Å². The standard InChI is InChI=1S/C16H13Br2FO3S/c1-21-15-11(17)5-3-9(14(15)16(20)22-2)8-23-13-6-4-10(19)7-12(13)18/h3-7H,8H2,1-2H3. The lowest BCUT2D eigenvalue weighted by molar-refractivity contribution is 0.0596. The molecule has 2 aromatic carbocycles. The van der Waals surface area contributed by atoms with Crippen LogP contribution in [0.3, 0.4) is 0 Å². The van der Waals surface area contributed by atoms with Crippen molar-refractivity contribution in [1.82, 2.24) is 0 Å². The third kappa shape index (κ3) is 4.28. The first-order chi connectivity index (χ1) is 11.0. The van der Waals surface area contributed by atoms with E-state index < -0.39 is 5.97 Å². The van der Waals surface area contributed by atoms with Crippen molar-refractivity contribution in [3.63, 3.8) is 0 Å². The van der Waals surface area contributed by atoms with E-state index in [1.807, 2.05) is 12.1 Å². The van der Waals surface area contributed by atoms with E-state index in [1.165, 1.54) is 38.1 Å². The number of hydrogen-bond donors (Lipinski definition) is 0. The van der Waals surface area contributed by atoms with Crippen molar-refractivity contribution in [2.45, 2.75) is 10.6 Å². The molecule has 0 bridgehead atoms. The summed E-state index contributed by atoms with van der Waals surface area (Å²) in [6.45, 7) is 0. The van der Waals surface area contributed by atoms with Gasteiger partial charge in [-0.05, 0) is 61.7 Å². The van der Waals surface area contributed by atoms with Gasteiger partial charge in [-0.25, -0.2) is 9.18 Å². The highest BCUT2D eigenvalue weighted by Crippen LogP contribution is 2.36. The van der Waals surface area contributed by atoms with Gasteiger partial charge in [0.05, 0.1) is 18.7 Å². The van der Waals surface area contributed by atoms with E-state index in [-0.39, 0.29) is 5.82 Å². The fourth-order valence-corrected chi connectivity index (χ4v) is 4.09. The molecule has 0 aromatic heterocycles. The first-order valence-corrected chi connectivity index (χ1v) is 9.06. The van der Waals surface area contributed by atoms with Crippen LogP contribution in [0.5, 0.6) is 5.75 Å². The predicted octanol–water partition coefficient (Wildman–Crippen LogP) is 5.44. The number of hydrogen-bond acceptors (Lipinski definition) is 4. The molecule has 7 heteroatoms. The van der Waals surface area contributed by atoms with Gasteiger partial charge >= 0.3 is 5.97 Å². The van der Waals surface area contributed by atoms with Crippen LogP contribution in [0, 0.1) is 5.82 Å². The van der Waals surface area contributed by atoms with Crippen molar-refractivity contribution in [3.05, 3.63) is 56.2 Å². The Kier molecular flexibility index (Phi) is 6.50. The normalized spacial score (nSPS) is 10.5. The largest absolute Gasteiger partial charge is 0.495 e. The predicted molar refractivity (Wildman–Crippen MR) is 95.7 cm³/mol. The van der Waals surface area contributed by atoms with Gasteiger partial charge in [0.1, 0.15) is 17.1 Å². The van der Waals surface area contributed by atoms with Crippen LogP contribution in [0.1, 0.15) is 15.9 Å². The molecule has 0 saturated heterocycles. The Morgan fingerprint density at radius 3 is 2.52 bits per heavy atom. The minimum atomic E-state index is -0.461. The second kappa shape index (κ2) is 8.17. The second-order valence-electron chi connectivity index (χ2n) is 4.47. The molecular formula is C16H13Br2FO3S. The molecule has 23 heavy (non-hydrogen) atoms. The molecule has 2 rings (SSSR count). The molecule has 0 atom stereocenters. The van der Waals surface area contributed by atoms with Gasteiger partial charge in [-0.2, -0.15) is 0 Å². The number of benzene rings is 2. The van der Waals surface area contributed by atoms with Gasteiger partial charge in [0.25, 0.3) is 0 Å². The number of methoxy groups -OCH3 is 2. The number of carbonyl (C=O) groups is 1. The first-order valence-electron chi connectivity index (χ1n) is 6.49. The minimum absolute atomic E-state index is 0.304. The summed E-state index contributed by atoms with van der Waals surface area (Å²) in [5, 5.41) is 0. The quantitative estimate of drug-likeness (QED) is 0.437. The summed E-state index contributed by atoms with van der Waals surface area (Å²) in [5.41, 5.74) is 1.16. The Labute approximate surface area is 154 Å². The van der Waals surface area contributed by atoms with E-state index in [0.717, 1.165) is 10.5 Å². The average Bonchev–Trinajstić information content (AvgIpc) is 2.53. The maximum atomic E-state index is 13.1. The van der Waals surface area contributed by atoms with Crippen molar-refractivity contribution in [1.29, 1.82) is 0 Å². The monoisotopic (exact) mass is 462 g/mol. The first kappa shape index (κ1) is 18.3. The minimum Gasteiger partial charge on any atom is -0.495 e. The highest BCUT2D eigenvalue weighted by atomic mass is 79.9. The third-order valence-corrected chi connectivity index (χ3v) is 5.73. The molecule has 0 fully saturated rings. The molecule has 2 aromatic rings. The van der Waals surface area contributed by atoms with Crippen LogP contribution in [0.4, 0.5) is 4.39 Å². The zero-order valence-electron chi connectivity index (χ0n) is 12.4. The van der Waals surface area contributed by atoms with E-state index in [1.54, 1.807) is 6.07 Å². The van der Waals surface area contributed by atoms with E-state index in [2.05, 4.69) is 31.9 Å². The maximum Gasteiger partial charge on any atom is 0.342 e. The molecule has 122 valence electrons. The van der Waals surface area contributed by atoms with E-state index >= 15 is 0 Å². The van der Waals surface area contributed by atoms with Gasteiger partial charge in [0.15, 0.2) is 0 Å². The summed E-state index contributed by atoms with van der Waals surface area (Å²) in [4.78, 5) is 13.0. The Morgan fingerprint density at radius 2 is 1.91 bits per heavy atom. The molecule has 3 nitrogen and oxygen atoms in total. The third-order valence-electron chi connectivity index (χ3n) is 3.07. The number of rotatable bonds is 5. The fraction of sp³-hybridized carbons (Fsp3) is 0.188. The zero-order chi connectivity index (χ0) is 17.0. The van der Waals surface area contributed by atoms with Crippen LogP contribution in [0.25, 0.3) is 0 Å². The van der Waals surface area contributed by atoms with Gasteiger partial charge < -0.3 is 9.47 Å². The van der Waals surface area contributed by atoms with Gasteiger partial charge in [0.2, 0.25) is 0 Å². The van der Waals surface area contributed by atoms with Crippen LogP contribution in [0.15, 0.2) is 44.2 Å². The van der Waals surface area contributed by atoms with Crippen molar-refractivity contribution in [2.75, 3.05) is 14.2 Å². The van der Waals surface area contributed by atoms with Crippen molar-refractivity contribution >= 4 is 49.6 Å². The molecule has 0 aliphatic heterocycles. The van der Waals surface area contributed by atoms with Crippen LogP contribution in [-0.4, -0.2) is 20.2 Å². The molecule has 0 amide bonds. The summed E-state index contributed by atoms with van der Waals surface area (Å²) in [5.74, 6) is 0.185. The molecule has 0 radical (unpaired) electrons. The molecule has 0 aliphatic carbocycles. The Morgan fingerprint density at radius 1 is 1.17 bits per heavy atom. The van der Waals surface area contributed by atoms with E-state index in [4.69, 9.17) is 9.47 Å². The van der Waals surface area contributed by atoms with Crippen LogP contribution in [0.2, 0.25) is 0 Å². The topological polar surface area (TPSA) is 35.5 Å². The maximum absolute atomic E-state index is 13.1. The lowest BCUT2D eigenvalue weighted by Crippen LogP contribution is -2.08. The SMILES string of the molecule is COC(=O)c1c(CSc2ccc(F)cc2Br)ccc(Br)c1OC. The van der Waals surface area contributed by atoms with Crippen molar-refractivity contribution in [2.24, 2.45) is 0 Å². The van der Waals surface area contributed by atoms with Crippen LogP contribution in [-0.2, 0) is 10.5 Å². The molecule has 0 unspecified atom stereocenters. The fourth-order valence-electron chi connectivity index (χ4n) is 1.99. The number of halogens is 3. The second-order valence-corrected chi connectivity index (χ2v) is 7.20. The van der Waals surface area contributed by atoms with Gasteiger partial charge in [-0.1, -0.05) is 6.07 Å². The van der Waals surface area contributed by atoms with Crippen molar-refractivity contribution in [3.8, 4) is 5.75 Å². The summed E-state index contributed by atoms with van der Waals surface area (Å²) >= 11 is 8.19. The molecule has 0 heterocycles. The number of esters is 1. The van der Waals surface area contributed by atoms with Gasteiger partial charge in [-0.15, -0.1) is 11.8 Å². The van der Waals surface area contributed by atoms with Crippen molar-refractivity contribution < 1.29 is 18.7 Å². The highest BCUT2D eigenvalue weighted by Gasteiger charge is 2.20. The molecule has 0 N–H and O–H groups in total. The Hall–Kier alpha value is -1.05. The lowest BCUT2D eigenvalue weighted by Gasteiger charge is -2.14. The van der Waals surface area contributed by atoms with E-state index in [9.17, 15) is 9.18 Å². The molecule has 0 saturated carbocycles. The summed E-state index contributed by atoms with van der Waals surface area (Å²) in [6.07, 6.45) is 0. The summed E-state index contributed by atoms with van der Waals surface area (Å²) in [6, 6.07) is 8.16. The smallest absolute Gasteiger partial charge is 0.342 e. The molecule has 0 aliphatic rings.